The Balaban J connectivity index is 1.74. The first-order chi connectivity index (χ1) is 10.6. The number of amides is 1. The molecule has 1 N–H and O–H groups in total. The summed E-state index contributed by atoms with van der Waals surface area (Å²) in [6.45, 7) is 3.09. The molecular formula is C17H16INO3. The molecule has 1 amide bonds. The monoisotopic (exact) mass is 409 g/mol. The molecule has 22 heavy (non-hydrogen) atoms. The first kappa shape index (κ1) is 15.1. The highest BCUT2D eigenvalue weighted by Gasteiger charge is 2.16. The van der Waals surface area contributed by atoms with Crippen molar-refractivity contribution >= 4 is 28.5 Å². The highest BCUT2D eigenvalue weighted by molar-refractivity contribution is 14.1. The summed E-state index contributed by atoms with van der Waals surface area (Å²) in [5.74, 6) is 1.41. The Morgan fingerprint density at radius 2 is 1.91 bits per heavy atom. The van der Waals surface area contributed by atoms with Gasteiger partial charge in [-0.3, -0.25) is 4.79 Å². The van der Waals surface area contributed by atoms with E-state index in [0.29, 0.717) is 18.8 Å². The van der Waals surface area contributed by atoms with Gasteiger partial charge in [0.25, 0.3) is 5.91 Å². The average molecular weight is 409 g/mol. The summed E-state index contributed by atoms with van der Waals surface area (Å²) < 4.78 is 12.1. The van der Waals surface area contributed by atoms with E-state index in [9.17, 15) is 4.79 Å². The Kier molecular flexibility index (Phi) is 4.52. The van der Waals surface area contributed by atoms with Crippen LogP contribution >= 0.6 is 22.6 Å². The molecule has 114 valence electrons. The summed E-state index contributed by atoms with van der Waals surface area (Å²) in [7, 11) is 0. The number of benzene rings is 2. The number of hydrogen-bond acceptors (Lipinski definition) is 3. The summed E-state index contributed by atoms with van der Waals surface area (Å²) in [5.41, 5.74) is 1.65. The van der Waals surface area contributed by atoms with Gasteiger partial charge in [-0.1, -0.05) is 12.1 Å². The minimum Gasteiger partial charge on any atom is -0.486 e. The van der Waals surface area contributed by atoms with Gasteiger partial charge in [0.05, 0.1) is 6.04 Å². The first-order valence-electron chi connectivity index (χ1n) is 7.09. The predicted octanol–water partition coefficient (Wildman–Crippen LogP) is 3.55. The Morgan fingerprint density at radius 1 is 1.14 bits per heavy atom. The van der Waals surface area contributed by atoms with Crippen LogP contribution in [-0.2, 0) is 0 Å². The zero-order valence-electron chi connectivity index (χ0n) is 12.1. The van der Waals surface area contributed by atoms with Crippen LogP contribution in [0.1, 0.15) is 28.9 Å². The van der Waals surface area contributed by atoms with Crippen LogP contribution in [0.5, 0.6) is 11.5 Å². The Bertz CT molecular complexity index is 702. The van der Waals surface area contributed by atoms with E-state index in [-0.39, 0.29) is 11.9 Å². The molecular weight excluding hydrogens is 393 g/mol. The van der Waals surface area contributed by atoms with Crippen LogP contribution in [0.2, 0.25) is 0 Å². The second-order valence-corrected chi connectivity index (χ2v) is 6.35. The molecule has 1 atom stereocenters. The quantitative estimate of drug-likeness (QED) is 0.789. The van der Waals surface area contributed by atoms with Gasteiger partial charge in [-0.05, 0) is 65.4 Å². The Morgan fingerprint density at radius 3 is 2.68 bits per heavy atom. The zero-order valence-corrected chi connectivity index (χ0v) is 14.3. The molecule has 5 heteroatoms. The van der Waals surface area contributed by atoms with Gasteiger partial charge in [0.2, 0.25) is 0 Å². The predicted molar refractivity (Wildman–Crippen MR) is 92.5 cm³/mol. The van der Waals surface area contributed by atoms with Gasteiger partial charge in [0, 0.05) is 9.13 Å². The van der Waals surface area contributed by atoms with Crippen LogP contribution in [0.25, 0.3) is 0 Å². The largest absolute Gasteiger partial charge is 0.486 e. The summed E-state index contributed by atoms with van der Waals surface area (Å²) in [5, 5.41) is 3.01. The van der Waals surface area contributed by atoms with E-state index in [4.69, 9.17) is 9.47 Å². The molecule has 0 aromatic heterocycles. The molecule has 0 radical (unpaired) electrons. The van der Waals surface area contributed by atoms with Crippen molar-refractivity contribution in [2.45, 2.75) is 13.0 Å². The molecule has 1 heterocycles. The van der Waals surface area contributed by atoms with Gasteiger partial charge in [0.1, 0.15) is 13.2 Å². The van der Waals surface area contributed by atoms with Crippen molar-refractivity contribution < 1.29 is 14.3 Å². The lowest BCUT2D eigenvalue weighted by molar-refractivity contribution is 0.0939. The maximum absolute atomic E-state index is 12.3. The second kappa shape index (κ2) is 6.56. The third-order valence-corrected chi connectivity index (χ3v) is 4.17. The summed E-state index contributed by atoms with van der Waals surface area (Å²) >= 11 is 2.20. The number of halogens is 1. The highest BCUT2D eigenvalue weighted by atomic mass is 127. The van der Waals surface area contributed by atoms with Crippen LogP contribution in [0.15, 0.2) is 42.5 Å². The van der Waals surface area contributed by atoms with Crippen LogP contribution in [-0.4, -0.2) is 19.1 Å². The molecule has 0 aliphatic carbocycles. The number of nitrogens with one attached hydrogen (secondary N) is 1. The molecule has 4 nitrogen and oxygen atoms in total. The Labute approximate surface area is 143 Å². The van der Waals surface area contributed by atoms with Gasteiger partial charge in [-0.15, -0.1) is 0 Å². The van der Waals surface area contributed by atoms with E-state index in [1.54, 1.807) is 0 Å². The zero-order chi connectivity index (χ0) is 15.5. The minimum absolute atomic E-state index is 0.0825. The lowest BCUT2D eigenvalue weighted by atomic mass is 10.1. The molecule has 0 bridgehead atoms. The fourth-order valence-electron chi connectivity index (χ4n) is 2.32. The fraction of sp³-hybridized carbons (Fsp3) is 0.235. The molecule has 1 unspecified atom stereocenters. The second-order valence-electron chi connectivity index (χ2n) is 5.11. The third-order valence-electron chi connectivity index (χ3n) is 3.50. The number of hydrogen-bond donors (Lipinski definition) is 1. The van der Waals surface area contributed by atoms with Gasteiger partial charge in [0.15, 0.2) is 11.5 Å². The Hall–Kier alpha value is -1.76. The van der Waals surface area contributed by atoms with Crippen LogP contribution < -0.4 is 14.8 Å². The van der Waals surface area contributed by atoms with Crippen molar-refractivity contribution in [2.75, 3.05) is 13.2 Å². The van der Waals surface area contributed by atoms with Crippen molar-refractivity contribution in [1.29, 1.82) is 0 Å². The molecule has 0 saturated heterocycles. The van der Waals surface area contributed by atoms with Gasteiger partial charge in [-0.25, -0.2) is 0 Å². The normalized spacial score (nSPS) is 14.3. The molecule has 3 rings (SSSR count). The topological polar surface area (TPSA) is 47.6 Å². The maximum atomic E-state index is 12.3. The van der Waals surface area contributed by atoms with E-state index in [1.807, 2.05) is 49.4 Å². The number of carbonyl (C=O) groups is 1. The number of rotatable bonds is 3. The van der Waals surface area contributed by atoms with Crippen molar-refractivity contribution in [3.8, 4) is 11.5 Å². The van der Waals surface area contributed by atoms with Crippen LogP contribution in [0.4, 0.5) is 0 Å². The highest BCUT2D eigenvalue weighted by Crippen LogP contribution is 2.32. The summed E-state index contributed by atoms with van der Waals surface area (Å²) in [6.07, 6.45) is 0. The average Bonchev–Trinajstić information content (AvgIpc) is 2.54. The van der Waals surface area contributed by atoms with E-state index in [2.05, 4.69) is 27.9 Å². The fourth-order valence-corrected chi connectivity index (χ4v) is 2.87. The molecule has 0 fully saturated rings. The summed E-state index contributed by atoms with van der Waals surface area (Å²) in [6, 6.07) is 13.2. The lowest BCUT2D eigenvalue weighted by Gasteiger charge is -2.21. The van der Waals surface area contributed by atoms with E-state index >= 15 is 0 Å². The van der Waals surface area contributed by atoms with Crippen LogP contribution in [0, 0.1) is 3.57 Å². The summed E-state index contributed by atoms with van der Waals surface area (Å²) in [4.78, 5) is 12.3. The smallest absolute Gasteiger partial charge is 0.251 e. The van der Waals surface area contributed by atoms with E-state index in [0.717, 1.165) is 20.6 Å². The lowest BCUT2D eigenvalue weighted by Crippen LogP contribution is -2.26. The van der Waals surface area contributed by atoms with Crippen molar-refractivity contribution in [2.24, 2.45) is 0 Å². The van der Waals surface area contributed by atoms with Gasteiger partial charge in [-0.2, -0.15) is 0 Å². The molecule has 1 aliphatic rings. The number of fused-ring (bicyclic) bond motifs is 1. The first-order valence-corrected chi connectivity index (χ1v) is 8.17. The third kappa shape index (κ3) is 3.35. The van der Waals surface area contributed by atoms with Gasteiger partial charge >= 0.3 is 0 Å². The molecule has 2 aromatic rings. The SMILES string of the molecule is CC(NC(=O)c1cccc(I)c1)c1ccc2c(c1)OCCO2. The van der Waals surface area contributed by atoms with Gasteiger partial charge < -0.3 is 14.8 Å². The minimum atomic E-state index is -0.110. The van der Waals surface area contributed by atoms with Crippen molar-refractivity contribution in [3.05, 3.63) is 57.2 Å². The number of ether oxygens (including phenoxy) is 2. The van der Waals surface area contributed by atoms with Crippen LogP contribution in [0.3, 0.4) is 0 Å². The molecule has 2 aromatic carbocycles. The van der Waals surface area contributed by atoms with Crippen molar-refractivity contribution in [1.82, 2.24) is 5.32 Å². The van der Waals surface area contributed by atoms with Crippen molar-refractivity contribution in [3.63, 3.8) is 0 Å². The molecule has 0 spiro atoms. The van der Waals surface area contributed by atoms with E-state index in [1.165, 1.54) is 0 Å². The maximum Gasteiger partial charge on any atom is 0.251 e. The standard InChI is InChI=1S/C17H16INO3/c1-11(19-17(20)13-3-2-4-14(18)9-13)12-5-6-15-16(10-12)22-8-7-21-15/h2-6,9-11H,7-8H2,1H3,(H,19,20). The molecule has 0 saturated carbocycles. The number of carbonyl (C=O) groups excluding carboxylic acids is 1. The van der Waals surface area contributed by atoms with E-state index < -0.39 is 0 Å². The molecule has 1 aliphatic heterocycles.